The summed E-state index contributed by atoms with van der Waals surface area (Å²) in [6, 6.07) is 9.09. The minimum absolute atomic E-state index is 0.368. The minimum Gasteiger partial charge on any atom is -0.378 e. The van der Waals surface area contributed by atoms with Crippen LogP contribution in [0.2, 0.25) is 0 Å². The average molecular weight is 266 g/mol. The van der Waals surface area contributed by atoms with Crippen LogP contribution in [-0.4, -0.2) is 14.8 Å². The van der Waals surface area contributed by atoms with E-state index >= 15 is 0 Å². The molecule has 6 nitrogen and oxygen atoms in total. The number of rotatable bonds is 5. The van der Waals surface area contributed by atoms with Gasteiger partial charge >= 0.3 is 0 Å². The summed E-state index contributed by atoms with van der Waals surface area (Å²) in [6.45, 7) is 3.43. The number of nitriles is 2. The van der Waals surface area contributed by atoms with Gasteiger partial charge in [0.25, 0.3) is 0 Å². The van der Waals surface area contributed by atoms with Crippen molar-refractivity contribution < 1.29 is 0 Å². The monoisotopic (exact) mass is 266 g/mol. The smallest absolute Gasteiger partial charge is 0.146 e. The summed E-state index contributed by atoms with van der Waals surface area (Å²) in [5.41, 5.74) is 1.53. The fraction of sp³-hybridized carbons (Fsp3) is 0.286. The van der Waals surface area contributed by atoms with E-state index in [4.69, 9.17) is 10.5 Å². The quantitative estimate of drug-likeness (QED) is 0.894. The standard InChI is InChI=1S/C14H14N6/c1-2-5-20-14(18-10-19-20)9-17-13-4-3-11(7-15)12(6-13)8-16/h3-4,6,10,17H,2,5,9H2,1H3. The van der Waals surface area contributed by atoms with Crippen molar-refractivity contribution in [1.82, 2.24) is 14.8 Å². The van der Waals surface area contributed by atoms with Gasteiger partial charge in [-0.1, -0.05) is 6.92 Å². The lowest BCUT2D eigenvalue weighted by molar-refractivity contribution is 0.574. The van der Waals surface area contributed by atoms with Gasteiger partial charge in [-0.15, -0.1) is 0 Å². The van der Waals surface area contributed by atoms with Gasteiger partial charge in [0.05, 0.1) is 17.7 Å². The lowest BCUT2D eigenvalue weighted by Crippen LogP contribution is -2.10. The fourth-order valence-corrected chi connectivity index (χ4v) is 1.85. The van der Waals surface area contributed by atoms with Crippen molar-refractivity contribution in [3.8, 4) is 12.1 Å². The van der Waals surface area contributed by atoms with E-state index in [-0.39, 0.29) is 0 Å². The molecule has 20 heavy (non-hydrogen) atoms. The Kier molecular flexibility index (Phi) is 4.31. The zero-order valence-electron chi connectivity index (χ0n) is 11.2. The molecule has 0 unspecified atom stereocenters. The van der Waals surface area contributed by atoms with E-state index in [9.17, 15) is 0 Å². The summed E-state index contributed by atoms with van der Waals surface area (Å²) in [7, 11) is 0. The second-order valence-electron chi connectivity index (χ2n) is 4.24. The molecule has 1 aromatic heterocycles. The van der Waals surface area contributed by atoms with Crippen molar-refractivity contribution in [2.24, 2.45) is 0 Å². The van der Waals surface area contributed by atoms with Crippen LogP contribution in [0.1, 0.15) is 30.3 Å². The zero-order chi connectivity index (χ0) is 14.4. The van der Waals surface area contributed by atoms with Crippen LogP contribution >= 0.6 is 0 Å². The highest BCUT2D eigenvalue weighted by Gasteiger charge is 2.05. The van der Waals surface area contributed by atoms with Gasteiger partial charge in [0.15, 0.2) is 0 Å². The summed E-state index contributed by atoms with van der Waals surface area (Å²) in [5.74, 6) is 0.842. The molecule has 0 aliphatic rings. The second kappa shape index (κ2) is 6.35. The summed E-state index contributed by atoms with van der Waals surface area (Å²) < 4.78 is 1.85. The molecule has 1 aromatic carbocycles. The molecule has 2 aromatic rings. The Labute approximate surface area is 117 Å². The molecular formula is C14H14N6. The molecule has 2 rings (SSSR count). The molecular weight excluding hydrogens is 252 g/mol. The molecule has 0 bridgehead atoms. The first-order valence-corrected chi connectivity index (χ1v) is 6.33. The van der Waals surface area contributed by atoms with Gasteiger partial charge in [0.1, 0.15) is 24.3 Å². The predicted molar refractivity (Wildman–Crippen MR) is 73.5 cm³/mol. The average Bonchev–Trinajstić information content (AvgIpc) is 2.92. The van der Waals surface area contributed by atoms with Gasteiger partial charge in [-0.25, -0.2) is 9.67 Å². The van der Waals surface area contributed by atoms with Crippen LogP contribution in [0.25, 0.3) is 0 Å². The molecule has 0 aliphatic carbocycles. The first-order chi connectivity index (χ1) is 9.78. The molecule has 100 valence electrons. The SMILES string of the molecule is CCCn1ncnc1CNc1ccc(C#N)c(C#N)c1. The fourth-order valence-electron chi connectivity index (χ4n) is 1.85. The van der Waals surface area contributed by atoms with Crippen LogP contribution < -0.4 is 5.32 Å². The molecule has 0 spiro atoms. The van der Waals surface area contributed by atoms with E-state index in [2.05, 4.69) is 22.3 Å². The Morgan fingerprint density at radius 1 is 1.25 bits per heavy atom. The third kappa shape index (κ3) is 2.93. The lowest BCUT2D eigenvalue weighted by Gasteiger charge is -2.08. The van der Waals surface area contributed by atoms with E-state index in [1.54, 1.807) is 18.2 Å². The van der Waals surface area contributed by atoms with Crippen molar-refractivity contribution >= 4 is 5.69 Å². The molecule has 0 atom stereocenters. The van der Waals surface area contributed by atoms with E-state index in [0.29, 0.717) is 17.7 Å². The lowest BCUT2D eigenvalue weighted by atomic mass is 10.1. The van der Waals surface area contributed by atoms with Gasteiger partial charge in [-0.2, -0.15) is 15.6 Å². The summed E-state index contributed by atoms with van der Waals surface area (Å²) in [6.07, 6.45) is 2.53. The number of nitrogens with zero attached hydrogens (tertiary/aromatic N) is 5. The summed E-state index contributed by atoms with van der Waals surface area (Å²) in [5, 5.41) is 25.2. The number of anilines is 1. The van der Waals surface area contributed by atoms with Crippen molar-refractivity contribution in [1.29, 1.82) is 10.5 Å². The normalized spacial score (nSPS) is 9.75. The summed E-state index contributed by atoms with van der Waals surface area (Å²) >= 11 is 0. The van der Waals surface area contributed by atoms with Crippen molar-refractivity contribution in [2.75, 3.05) is 5.32 Å². The molecule has 0 radical (unpaired) electrons. The van der Waals surface area contributed by atoms with Crippen molar-refractivity contribution in [3.05, 3.63) is 41.5 Å². The van der Waals surface area contributed by atoms with Crippen molar-refractivity contribution in [2.45, 2.75) is 26.4 Å². The molecule has 0 saturated carbocycles. The molecule has 0 amide bonds. The Morgan fingerprint density at radius 3 is 2.75 bits per heavy atom. The zero-order valence-corrected chi connectivity index (χ0v) is 11.2. The molecule has 0 saturated heterocycles. The topological polar surface area (TPSA) is 90.3 Å². The molecule has 0 fully saturated rings. The van der Waals surface area contributed by atoms with Crippen LogP contribution in [0, 0.1) is 22.7 Å². The van der Waals surface area contributed by atoms with E-state index < -0.39 is 0 Å². The van der Waals surface area contributed by atoms with Crippen LogP contribution in [0.4, 0.5) is 5.69 Å². The van der Waals surface area contributed by atoms with Gasteiger partial charge in [0, 0.05) is 12.2 Å². The van der Waals surface area contributed by atoms with Gasteiger partial charge in [0.2, 0.25) is 0 Å². The largest absolute Gasteiger partial charge is 0.378 e. The van der Waals surface area contributed by atoms with Gasteiger partial charge in [-0.3, -0.25) is 0 Å². The molecule has 1 N–H and O–H groups in total. The number of benzene rings is 1. The van der Waals surface area contributed by atoms with E-state index in [1.165, 1.54) is 6.33 Å². The maximum atomic E-state index is 8.98. The Bertz CT molecular complexity index is 674. The number of hydrogen-bond donors (Lipinski definition) is 1. The van der Waals surface area contributed by atoms with Crippen LogP contribution in [-0.2, 0) is 13.1 Å². The highest BCUT2D eigenvalue weighted by Crippen LogP contribution is 2.15. The van der Waals surface area contributed by atoms with E-state index in [1.807, 2.05) is 16.8 Å². The van der Waals surface area contributed by atoms with Crippen LogP contribution in [0.15, 0.2) is 24.5 Å². The van der Waals surface area contributed by atoms with Crippen molar-refractivity contribution in [3.63, 3.8) is 0 Å². The number of aromatic nitrogens is 3. The third-order valence-corrected chi connectivity index (χ3v) is 2.84. The highest BCUT2D eigenvalue weighted by atomic mass is 15.3. The van der Waals surface area contributed by atoms with Crippen LogP contribution in [0.3, 0.4) is 0 Å². The predicted octanol–water partition coefficient (Wildman–Crippen LogP) is 2.04. The minimum atomic E-state index is 0.368. The van der Waals surface area contributed by atoms with E-state index in [0.717, 1.165) is 24.5 Å². The number of hydrogen-bond acceptors (Lipinski definition) is 5. The molecule has 1 heterocycles. The van der Waals surface area contributed by atoms with Gasteiger partial charge in [-0.05, 0) is 24.6 Å². The highest BCUT2D eigenvalue weighted by molar-refractivity contribution is 5.56. The third-order valence-electron chi connectivity index (χ3n) is 2.84. The Balaban J connectivity index is 2.10. The Hall–Kier alpha value is -2.86. The van der Waals surface area contributed by atoms with Crippen LogP contribution in [0.5, 0.6) is 0 Å². The second-order valence-corrected chi connectivity index (χ2v) is 4.24. The first-order valence-electron chi connectivity index (χ1n) is 6.33. The van der Waals surface area contributed by atoms with Gasteiger partial charge < -0.3 is 5.32 Å². The molecule has 0 aliphatic heterocycles. The number of aryl methyl sites for hydroxylation is 1. The maximum Gasteiger partial charge on any atom is 0.146 e. The number of nitrogens with one attached hydrogen (secondary N) is 1. The maximum absolute atomic E-state index is 8.98. The first kappa shape index (κ1) is 13.6. The summed E-state index contributed by atoms with van der Waals surface area (Å²) in [4.78, 5) is 4.20. The Morgan fingerprint density at radius 2 is 2.05 bits per heavy atom. The molecule has 6 heteroatoms.